The van der Waals surface area contributed by atoms with E-state index in [-0.39, 0.29) is 17.7 Å². The lowest BCUT2D eigenvalue weighted by atomic mass is 10.0. The highest BCUT2D eigenvalue weighted by Gasteiger charge is 2.22. The van der Waals surface area contributed by atoms with Gasteiger partial charge in [0.1, 0.15) is 11.5 Å². The van der Waals surface area contributed by atoms with Crippen molar-refractivity contribution in [2.24, 2.45) is 11.0 Å². The number of hydrogen-bond acceptors (Lipinski definition) is 7. The summed E-state index contributed by atoms with van der Waals surface area (Å²) in [4.78, 5) is 35.5. The van der Waals surface area contributed by atoms with Gasteiger partial charge < -0.3 is 15.0 Å². The van der Waals surface area contributed by atoms with Crippen molar-refractivity contribution in [2.45, 2.75) is 13.3 Å². The first-order valence-corrected chi connectivity index (χ1v) is 14.2. The van der Waals surface area contributed by atoms with Gasteiger partial charge >= 0.3 is 0 Å². The molecule has 0 bridgehead atoms. The lowest BCUT2D eigenvalue weighted by Gasteiger charge is -2.27. The molecule has 2 amide bonds. The number of ether oxygens (including phenoxy) is 1. The number of carbonyl (C=O) groups excluding carboxylic acids is 2. The van der Waals surface area contributed by atoms with Crippen molar-refractivity contribution in [3.8, 4) is 11.8 Å². The highest BCUT2D eigenvalue weighted by molar-refractivity contribution is 6.10. The van der Waals surface area contributed by atoms with Gasteiger partial charge in [0, 0.05) is 53.9 Å². The molecule has 43 heavy (non-hydrogen) atoms. The number of aromatic nitrogens is 2. The highest BCUT2D eigenvalue weighted by Crippen LogP contribution is 2.27. The number of anilines is 1. The number of carbonyl (C=O) groups is 2. The Hall–Kier alpha value is -5.33. The topological polar surface area (TPSA) is 100 Å². The number of rotatable bonds is 4. The average molecular weight is 571 g/mol. The van der Waals surface area contributed by atoms with Crippen molar-refractivity contribution in [1.29, 1.82) is 0 Å². The zero-order valence-electron chi connectivity index (χ0n) is 23.7. The van der Waals surface area contributed by atoms with Gasteiger partial charge in [-0.2, -0.15) is 5.10 Å². The van der Waals surface area contributed by atoms with Gasteiger partial charge in [0.25, 0.3) is 11.8 Å². The second-order valence-corrected chi connectivity index (χ2v) is 10.4. The molecular weight excluding hydrogens is 540 g/mol. The van der Waals surface area contributed by atoms with Gasteiger partial charge in [-0.3, -0.25) is 14.6 Å². The molecule has 3 aromatic rings. The fraction of sp³-hybridized carbons (Fsp3) is 0.206. The van der Waals surface area contributed by atoms with Gasteiger partial charge in [0.05, 0.1) is 24.6 Å². The molecule has 1 unspecified atom stereocenters. The van der Waals surface area contributed by atoms with Gasteiger partial charge in [-0.15, -0.1) is 0 Å². The van der Waals surface area contributed by atoms with Crippen LogP contribution in [0.15, 0.2) is 108 Å². The minimum absolute atomic E-state index is 0.0133. The fourth-order valence-corrected chi connectivity index (χ4v) is 4.88. The first kappa shape index (κ1) is 27.8. The molecule has 1 fully saturated rings. The summed E-state index contributed by atoms with van der Waals surface area (Å²) in [7, 11) is 0. The number of nitrogens with one attached hydrogen (secondary N) is 1. The summed E-state index contributed by atoms with van der Waals surface area (Å²) in [6.45, 7) is 4.50. The molecule has 3 aliphatic rings. The molecule has 6 rings (SSSR count). The number of hydrazone groups is 1. The normalized spacial score (nSPS) is 17.8. The maximum absolute atomic E-state index is 12.9. The molecule has 5 heterocycles. The Morgan fingerprint density at radius 2 is 1.74 bits per heavy atom. The monoisotopic (exact) mass is 570 g/mol. The Balaban J connectivity index is 1.22. The van der Waals surface area contributed by atoms with Gasteiger partial charge in [-0.25, -0.2) is 9.99 Å². The van der Waals surface area contributed by atoms with E-state index in [0.717, 1.165) is 29.1 Å². The van der Waals surface area contributed by atoms with Crippen LogP contribution in [0.3, 0.4) is 0 Å². The van der Waals surface area contributed by atoms with Crippen LogP contribution >= 0.6 is 0 Å². The predicted molar refractivity (Wildman–Crippen MR) is 164 cm³/mol. The van der Waals surface area contributed by atoms with Crippen molar-refractivity contribution in [2.75, 3.05) is 31.6 Å². The summed E-state index contributed by atoms with van der Waals surface area (Å²) in [5.41, 5.74) is 5.24. The van der Waals surface area contributed by atoms with Crippen molar-refractivity contribution in [3.63, 3.8) is 0 Å². The standard InChI is InChI=1S/C34H30N6O3/c1-24-2-8-29-10-11-31(26-4-6-28(7-5-26)34(42)39-18-20-43-21-19-39)38-40(29)30(22-24)9-3-25-12-17-36-32(23-25)37-33(41)27-13-15-35-16-14-27/h4-8,10-17,22-24H,2,18-21H2,1H3,(H,36,37,41). The van der Waals surface area contributed by atoms with E-state index in [9.17, 15) is 9.59 Å². The van der Waals surface area contributed by atoms with Crippen molar-refractivity contribution in [3.05, 3.63) is 125 Å². The predicted octanol–water partition coefficient (Wildman–Crippen LogP) is 4.64. The molecule has 1 aromatic carbocycles. The second-order valence-electron chi connectivity index (χ2n) is 10.4. The fourth-order valence-electron chi connectivity index (χ4n) is 4.88. The quantitative estimate of drug-likeness (QED) is 0.459. The molecule has 9 nitrogen and oxygen atoms in total. The number of allylic oxidation sites excluding steroid dienone is 5. The Morgan fingerprint density at radius 3 is 2.53 bits per heavy atom. The molecule has 0 radical (unpaired) electrons. The third kappa shape index (κ3) is 6.61. The Morgan fingerprint density at radius 1 is 0.953 bits per heavy atom. The van der Waals surface area contributed by atoms with Gasteiger partial charge in [0.15, 0.2) is 0 Å². The molecule has 1 saturated heterocycles. The van der Waals surface area contributed by atoms with E-state index in [1.807, 2.05) is 46.3 Å². The highest BCUT2D eigenvalue weighted by atomic mass is 16.5. The number of nitrogens with zero attached hydrogens (tertiary/aromatic N) is 5. The van der Waals surface area contributed by atoms with Crippen LogP contribution in [0, 0.1) is 17.8 Å². The van der Waals surface area contributed by atoms with Crippen LogP contribution in [0.4, 0.5) is 5.82 Å². The van der Waals surface area contributed by atoms with E-state index in [4.69, 9.17) is 9.84 Å². The van der Waals surface area contributed by atoms with Crippen LogP contribution in [0.1, 0.15) is 45.2 Å². The molecule has 9 heteroatoms. The van der Waals surface area contributed by atoms with E-state index in [1.165, 1.54) is 0 Å². The van der Waals surface area contributed by atoms with Gasteiger partial charge in [-0.05, 0) is 72.9 Å². The van der Waals surface area contributed by atoms with Crippen molar-refractivity contribution in [1.82, 2.24) is 19.9 Å². The molecule has 0 saturated carbocycles. The summed E-state index contributed by atoms with van der Waals surface area (Å²) >= 11 is 0. The zero-order valence-corrected chi connectivity index (χ0v) is 23.7. The van der Waals surface area contributed by atoms with E-state index < -0.39 is 0 Å². The summed E-state index contributed by atoms with van der Waals surface area (Å²) in [6, 6.07) is 14.4. The van der Waals surface area contributed by atoms with Crippen molar-refractivity contribution < 1.29 is 14.3 Å². The number of morpholine rings is 1. The first-order valence-electron chi connectivity index (χ1n) is 14.2. The van der Waals surface area contributed by atoms with Crippen molar-refractivity contribution >= 4 is 23.3 Å². The number of hydrogen-bond donors (Lipinski definition) is 1. The average Bonchev–Trinajstić information content (AvgIpc) is 3.22. The summed E-state index contributed by atoms with van der Waals surface area (Å²) in [5.74, 6) is 6.95. The number of amides is 2. The van der Waals surface area contributed by atoms with E-state index >= 15 is 0 Å². The lowest BCUT2D eigenvalue weighted by Crippen LogP contribution is -2.40. The summed E-state index contributed by atoms with van der Waals surface area (Å²) < 4.78 is 5.37. The number of benzene rings is 1. The minimum Gasteiger partial charge on any atom is -0.378 e. The molecule has 0 aliphatic carbocycles. The van der Waals surface area contributed by atoms with Gasteiger partial charge in [0.2, 0.25) is 0 Å². The third-order valence-electron chi connectivity index (χ3n) is 7.24. The smallest absolute Gasteiger partial charge is 0.256 e. The Labute approximate surface area is 250 Å². The molecule has 1 N–H and O–H groups in total. The maximum Gasteiger partial charge on any atom is 0.256 e. The summed E-state index contributed by atoms with van der Waals surface area (Å²) in [5, 5.41) is 9.63. The molecule has 214 valence electrons. The number of pyridine rings is 2. The van der Waals surface area contributed by atoms with Crippen LogP contribution in [0.5, 0.6) is 0 Å². The molecule has 2 aromatic heterocycles. The molecule has 3 aliphatic heterocycles. The van der Waals surface area contributed by atoms with Gasteiger partial charge in [-0.1, -0.05) is 31.1 Å². The van der Waals surface area contributed by atoms with E-state index in [1.54, 1.807) is 42.9 Å². The van der Waals surface area contributed by atoms with E-state index in [0.29, 0.717) is 48.8 Å². The second kappa shape index (κ2) is 12.7. The number of fused-ring (bicyclic) bond motifs is 1. The van der Waals surface area contributed by atoms with Crippen LogP contribution in [0.2, 0.25) is 0 Å². The molecule has 0 spiro atoms. The Kier molecular flexibility index (Phi) is 8.20. The maximum atomic E-state index is 12.9. The first-order chi connectivity index (χ1) is 21.0. The third-order valence-corrected chi connectivity index (χ3v) is 7.24. The largest absolute Gasteiger partial charge is 0.378 e. The van der Waals surface area contributed by atoms with Crippen LogP contribution < -0.4 is 5.32 Å². The SMILES string of the molecule is CC1C=C(C#Cc2ccnc(NC(=O)c3ccncc3)c2)N2N=C(c3ccc(C(=O)N4CCOCC4)cc3)C=CC2=CC1. The van der Waals surface area contributed by atoms with Crippen LogP contribution in [-0.2, 0) is 4.74 Å². The molecule has 1 atom stereocenters. The zero-order chi connectivity index (χ0) is 29.6. The molecular formula is C34H30N6O3. The summed E-state index contributed by atoms with van der Waals surface area (Å²) in [6.07, 6.45) is 13.9. The Bertz CT molecular complexity index is 1710. The van der Waals surface area contributed by atoms with Crippen LogP contribution in [-0.4, -0.2) is 63.7 Å². The van der Waals surface area contributed by atoms with E-state index in [2.05, 4.69) is 46.2 Å². The lowest BCUT2D eigenvalue weighted by molar-refractivity contribution is 0.0303. The van der Waals surface area contributed by atoms with Crippen LogP contribution in [0.25, 0.3) is 0 Å². The minimum atomic E-state index is -0.268.